The van der Waals surface area contributed by atoms with Crippen LogP contribution in [0.3, 0.4) is 0 Å². The fourth-order valence-corrected chi connectivity index (χ4v) is 4.37. The highest BCUT2D eigenvalue weighted by Gasteiger charge is 2.36. The number of aryl methyl sites for hydroxylation is 1. The van der Waals surface area contributed by atoms with E-state index in [9.17, 15) is 8.42 Å². The van der Waals surface area contributed by atoms with E-state index in [-0.39, 0.29) is 10.9 Å². The molecule has 130 valence electrons. The van der Waals surface area contributed by atoms with Gasteiger partial charge in [-0.1, -0.05) is 35.5 Å². The van der Waals surface area contributed by atoms with Crippen molar-refractivity contribution in [1.82, 2.24) is 24.0 Å². The fraction of sp³-hybridized carbons (Fsp3) is 0.312. The van der Waals surface area contributed by atoms with Gasteiger partial charge in [0, 0.05) is 31.9 Å². The minimum atomic E-state index is -3.59. The average Bonchev–Trinajstić information content (AvgIpc) is 3.35. The Morgan fingerprint density at radius 2 is 2.04 bits per heavy atom. The monoisotopic (exact) mass is 359 g/mol. The second-order valence-corrected chi connectivity index (χ2v) is 7.93. The molecule has 9 heteroatoms. The third kappa shape index (κ3) is 2.96. The van der Waals surface area contributed by atoms with Crippen LogP contribution >= 0.6 is 0 Å². The van der Waals surface area contributed by atoms with Crippen molar-refractivity contribution >= 4 is 10.0 Å². The van der Waals surface area contributed by atoms with Crippen molar-refractivity contribution in [3.63, 3.8) is 0 Å². The van der Waals surface area contributed by atoms with Crippen molar-refractivity contribution < 1.29 is 12.9 Å². The van der Waals surface area contributed by atoms with Gasteiger partial charge in [-0.15, -0.1) is 0 Å². The van der Waals surface area contributed by atoms with Crippen LogP contribution < -0.4 is 0 Å². The first kappa shape index (κ1) is 16.0. The van der Waals surface area contributed by atoms with E-state index in [0.29, 0.717) is 31.2 Å². The molecule has 4 rings (SSSR count). The van der Waals surface area contributed by atoms with E-state index in [4.69, 9.17) is 4.52 Å². The lowest BCUT2D eigenvalue weighted by atomic mass is 10.1. The zero-order valence-electron chi connectivity index (χ0n) is 13.6. The number of nitrogens with zero attached hydrogens (tertiary/aromatic N) is 5. The smallest absolute Gasteiger partial charge is 0.262 e. The number of imidazole rings is 1. The van der Waals surface area contributed by atoms with Crippen LogP contribution in [0.4, 0.5) is 0 Å². The lowest BCUT2D eigenvalue weighted by molar-refractivity contribution is 0.354. The molecule has 1 saturated heterocycles. The number of hydrogen-bond donors (Lipinski definition) is 0. The first-order valence-corrected chi connectivity index (χ1v) is 9.35. The zero-order valence-corrected chi connectivity index (χ0v) is 14.4. The van der Waals surface area contributed by atoms with Gasteiger partial charge in [0.1, 0.15) is 0 Å². The summed E-state index contributed by atoms with van der Waals surface area (Å²) in [6.07, 6.45) is 3.62. The summed E-state index contributed by atoms with van der Waals surface area (Å²) in [6, 6.07) is 9.54. The molecule has 0 radical (unpaired) electrons. The molecule has 0 amide bonds. The SMILES string of the molecule is Cn1cnc(S(=O)(=O)N2CCC(c3nc(-c4ccccc4)no3)C2)c1. The first-order chi connectivity index (χ1) is 12.0. The quantitative estimate of drug-likeness (QED) is 0.703. The molecule has 3 aromatic rings. The molecule has 2 aromatic heterocycles. The normalized spacial score (nSPS) is 18.7. The Bertz CT molecular complexity index is 980. The van der Waals surface area contributed by atoms with Gasteiger partial charge in [0.2, 0.25) is 11.7 Å². The molecule has 1 unspecified atom stereocenters. The highest BCUT2D eigenvalue weighted by molar-refractivity contribution is 7.89. The van der Waals surface area contributed by atoms with Crippen LogP contribution in [-0.4, -0.2) is 45.5 Å². The molecule has 0 aliphatic carbocycles. The van der Waals surface area contributed by atoms with E-state index in [0.717, 1.165) is 5.56 Å². The Morgan fingerprint density at radius 3 is 2.76 bits per heavy atom. The van der Waals surface area contributed by atoms with Gasteiger partial charge in [0.25, 0.3) is 10.0 Å². The second kappa shape index (κ2) is 6.08. The van der Waals surface area contributed by atoms with Crippen molar-refractivity contribution in [3.8, 4) is 11.4 Å². The predicted octanol–water partition coefficient (Wildman–Crippen LogP) is 1.65. The van der Waals surface area contributed by atoms with Crippen LogP contribution in [0.1, 0.15) is 18.2 Å². The molecular weight excluding hydrogens is 342 g/mol. The largest absolute Gasteiger partial charge is 0.339 e. The Kier molecular flexibility index (Phi) is 3.89. The van der Waals surface area contributed by atoms with E-state index in [2.05, 4.69) is 15.1 Å². The van der Waals surface area contributed by atoms with E-state index in [1.54, 1.807) is 11.6 Å². The highest BCUT2D eigenvalue weighted by Crippen LogP contribution is 2.30. The Hall–Kier alpha value is -2.52. The summed E-state index contributed by atoms with van der Waals surface area (Å²) in [6.45, 7) is 0.724. The molecule has 1 aliphatic rings. The first-order valence-electron chi connectivity index (χ1n) is 7.91. The van der Waals surface area contributed by atoms with Crippen LogP contribution in [-0.2, 0) is 17.1 Å². The average molecular weight is 359 g/mol. The second-order valence-electron chi connectivity index (χ2n) is 6.05. The third-order valence-electron chi connectivity index (χ3n) is 4.26. The van der Waals surface area contributed by atoms with Crippen molar-refractivity contribution in [2.45, 2.75) is 17.4 Å². The maximum absolute atomic E-state index is 12.6. The Labute approximate surface area is 145 Å². The minimum absolute atomic E-state index is 0.0613. The molecule has 1 aromatic carbocycles. The molecule has 8 nitrogen and oxygen atoms in total. The van der Waals surface area contributed by atoms with Crippen molar-refractivity contribution in [2.75, 3.05) is 13.1 Å². The summed E-state index contributed by atoms with van der Waals surface area (Å²) in [5, 5.41) is 4.07. The minimum Gasteiger partial charge on any atom is -0.339 e. The zero-order chi connectivity index (χ0) is 17.4. The maximum Gasteiger partial charge on any atom is 0.262 e. The van der Waals surface area contributed by atoms with Crippen LogP contribution in [0, 0.1) is 0 Å². The summed E-state index contributed by atoms with van der Waals surface area (Å²) >= 11 is 0. The van der Waals surface area contributed by atoms with Gasteiger partial charge in [-0.3, -0.25) is 0 Å². The summed E-state index contributed by atoms with van der Waals surface area (Å²) < 4.78 is 33.7. The predicted molar refractivity (Wildman–Crippen MR) is 89.1 cm³/mol. The molecule has 0 bridgehead atoms. The van der Waals surface area contributed by atoms with Crippen LogP contribution in [0.25, 0.3) is 11.4 Å². The third-order valence-corrected chi connectivity index (χ3v) is 6.01. The molecule has 3 heterocycles. The summed E-state index contributed by atoms with van der Waals surface area (Å²) in [4.78, 5) is 8.39. The van der Waals surface area contributed by atoms with Gasteiger partial charge in [-0.2, -0.15) is 9.29 Å². The van der Waals surface area contributed by atoms with E-state index in [1.165, 1.54) is 16.8 Å². The van der Waals surface area contributed by atoms with Crippen molar-refractivity contribution in [3.05, 3.63) is 48.7 Å². The Balaban J connectivity index is 1.52. The molecular formula is C16H17N5O3S. The van der Waals surface area contributed by atoms with Gasteiger partial charge in [0.05, 0.1) is 12.2 Å². The number of sulfonamides is 1. The van der Waals surface area contributed by atoms with Gasteiger partial charge < -0.3 is 9.09 Å². The van der Waals surface area contributed by atoms with Gasteiger partial charge in [-0.25, -0.2) is 13.4 Å². The van der Waals surface area contributed by atoms with E-state index >= 15 is 0 Å². The van der Waals surface area contributed by atoms with Crippen LogP contribution in [0.5, 0.6) is 0 Å². The van der Waals surface area contributed by atoms with E-state index < -0.39 is 10.0 Å². The topological polar surface area (TPSA) is 94.1 Å². The Morgan fingerprint density at radius 1 is 1.24 bits per heavy atom. The lowest BCUT2D eigenvalue weighted by Gasteiger charge is -2.13. The van der Waals surface area contributed by atoms with E-state index in [1.807, 2.05) is 30.3 Å². The van der Waals surface area contributed by atoms with Crippen LogP contribution in [0.2, 0.25) is 0 Å². The highest BCUT2D eigenvalue weighted by atomic mass is 32.2. The molecule has 0 spiro atoms. The van der Waals surface area contributed by atoms with Gasteiger partial charge >= 0.3 is 0 Å². The summed E-state index contributed by atoms with van der Waals surface area (Å²) in [5.41, 5.74) is 0.869. The summed E-state index contributed by atoms with van der Waals surface area (Å²) in [7, 11) is -1.85. The molecule has 1 aliphatic heterocycles. The van der Waals surface area contributed by atoms with Crippen molar-refractivity contribution in [1.29, 1.82) is 0 Å². The van der Waals surface area contributed by atoms with Gasteiger partial charge in [0.15, 0.2) is 5.03 Å². The molecule has 1 atom stereocenters. The number of hydrogen-bond acceptors (Lipinski definition) is 6. The summed E-state index contributed by atoms with van der Waals surface area (Å²) in [5.74, 6) is 0.877. The molecule has 25 heavy (non-hydrogen) atoms. The lowest BCUT2D eigenvalue weighted by Crippen LogP contribution is -2.29. The van der Waals surface area contributed by atoms with Gasteiger partial charge in [-0.05, 0) is 6.42 Å². The fourth-order valence-electron chi connectivity index (χ4n) is 2.91. The number of benzene rings is 1. The molecule has 1 fully saturated rings. The molecule has 0 saturated carbocycles. The van der Waals surface area contributed by atoms with Crippen LogP contribution in [0.15, 0.2) is 52.4 Å². The van der Waals surface area contributed by atoms with Crippen molar-refractivity contribution in [2.24, 2.45) is 7.05 Å². The number of rotatable bonds is 4. The molecule has 0 N–H and O–H groups in total. The maximum atomic E-state index is 12.6. The number of aromatic nitrogens is 4. The standard InChI is InChI=1S/C16H17N5O3S/c1-20-10-14(17-11-20)25(22,23)21-8-7-13(9-21)16-18-15(19-24-16)12-5-3-2-4-6-12/h2-6,10-11,13H,7-9H2,1H3.